The van der Waals surface area contributed by atoms with Crippen LogP contribution in [0.1, 0.15) is 32.8 Å². The molecule has 12 nitrogen and oxygen atoms in total. The van der Waals surface area contributed by atoms with Crippen molar-refractivity contribution < 1.29 is 56.8 Å². The topological polar surface area (TPSA) is 153 Å². The Morgan fingerprint density at radius 1 is 0.829 bits per heavy atom. The van der Waals surface area contributed by atoms with Crippen LogP contribution in [0.3, 0.4) is 0 Å². The lowest BCUT2D eigenvalue weighted by Gasteiger charge is -2.41. The lowest BCUT2D eigenvalue weighted by molar-refractivity contribution is -0.271. The second-order valence-corrected chi connectivity index (χ2v) is 8.95. The number of hydrogen-bond acceptors (Lipinski definition) is 11. The molecule has 2 aromatic rings. The second-order valence-electron chi connectivity index (χ2n) is 8.95. The molecule has 41 heavy (non-hydrogen) atoms. The lowest BCUT2D eigenvalue weighted by atomic mass is 9.99. The van der Waals surface area contributed by atoms with Crippen LogP contribution in [0.25, 0.3) is 0 Å². The molecule has 220 valence electrons. The van der Waals surface area contributed by atoms with Crippen LogP contribution in [0.5, 0.6) is 5.75 Å². The highest BCUT2D eigenvalue weighted by atomic mass is 19.1. The second kappa shape index (κ2) is 14.7. The van der Waals surface area contributed by atoms with E-state index in [4.69, 9.17) is 28.4 Å². The summed E-state index contributed by atoms with van der Waals surface area (Å²) in [6, 6.07) is 14.7. The third kappa shape index (κ3) is 9.87. The third-order valence-electron chi connectivity index (χ3n) is 5.57. The Balaban J connectivity index is 1.61. The van der Waals surface area contributed by atoms with Gasteiger partial charge in [0.05, 0.1) is 0 Å². The molecule has 0 aliphatic carbocycles. The summed E-state index contributed by atoms with van der Waals surface area (Å²) >= 11 is 0. The Bertz CT molecular complexity index is 1220. The lowest BCUT2D eigenvalue weighted by Crippen LogP contribution is -2.61. The van der Waals surface area contributed by atoms with Crippen molar-refractivity contribution in [2.24, 2.45) is 0 Å². The van der Waals surface area contributed by atoms with Crippen LogP contribution >= 0.6 is 0 Å². The molecule has 2 aromatic carbocycles. The van der Waals surface area contributed by atoms with Gasteiger partial charge in [0.2, 0.25) is 18.4 Å². The number of nitrogens with one attached hydrogen (secondary N) is 1. The first-order valence-electron chi connectivity index (χ1n) is 12.5. The first kappa shape index (κ1) is 31.0. The number of anilines is 1. The van der Waals surface area contributed by atoms with E-state index < -0.39 is 73.6 Å². The first-order chi connectivity index (χ1) is 19.5. The van der Waals surface area contributed by atoms with E-state index in [2.05, 4.69) is 5.32 Å². The molecule has 1 aliphatic rings. The molecule has 3 rings (SSSR count). The SMILES string of the molecule is CC(=O)OC[C@H]1O[C@@H](Oc2ccc(NC(=O)CC(=O)OCc3ccccc3)cc2)[C@@H](F)[C@@H](OC(C)=O)[C@@H]1OC(C)=O. The molecule has 5 atom stereocenters. The van der Waals surface area contributed by atoms with Gasteiger partial charge in [-0.3, -0.25) is 24.0 Å². The first-order valence-corrected chi connectivity index (χ1v) is 12.5. The molecule has 1 aliphatic heterocycles. The van der Waals surface area contributed by atoms with Gasteiger partial charge < -0.3 is 33.7 Å². The van der Waals surface area contributed by atoms with Gasteiger partial charge in [0.25, 0.3) is 0 Å². The fraction of sp³-hybridized carbons (Fsp3) is 0.393. The minimum absolute atomic E-state index is 0.0411. The average molecular weight is 576 g/mol. The summed E-state index contributed by atoms with van der Waals surface area (Å²) in [4.78, 5) is 58.8. The summed E-state index contributed by atoms with van der Waals surface area (Å²) in [5.74, 6) is -3.50. The van der Waals surface area contributed by atoms with Gasteiger partial charge in [0.1, 0.15) is 31.5 Å². The zero-order valence-corrected chi connectivity index (χ0v) is 22.6. The van der Waals surface area contributed by atoms with E-state index in [1.54, 1.807) is 24.3 Å². The van der Waals surface area contributed by atoms with Crippen molar-refractivity contribution in [1.29, 1.82) is 0 Å². The maximum Gasteiger partial charge on any atom is 0.315 e. The largest absolute Gasteiger partial charge is 0.463 e. The highest BCUT2D eigenvalue weighted by molar-refractivity contribution is 6.01. The quantitative estimate of drug-likeness (QED) is 0.239. The summed E-state index contributed by atoms with van der Waals surface area (Å²) in [6.07, 6.45) is -8.50. The van der Waals surface area contributed by atoms with Crippen LogP contribution < -0.4 is 10.1 Å². The molecular weight excluding hydrogens is 545 g/mol. The van der Waals surface area contributed by atoms with Gasteiger partial charge in [-0.2, -0.15) is 0 Å². The van der Waals surface area contributed by atoms with Crippen LogP contribution in [0.15, 0.2) is 54.6 Å². The Labute approximate surface area is 235 Å². The molecule has 1 fully saturated rings. The number of halogens is 1. The minimum Gasteiger partial charge on any atom is -0.463 e. The van der Waals surface area contributed by atoms with Gasteiger partial charge in [-0.1, -0.05) is 30.3 Å². The van der Waals surface area contributed by atoms with E-state index in [-0.39, 0.29) is 12.4 Å². The highest BCUT2D eigenvalue weighted by Gasteiger charge is 2.52. The standard InChI is InChI=1S/C28H30FNO11/c1-16(31)36-15-22-26(38-17(2)32)27(39-18(3)33)25(29)28(41-22)40-21-11-9-20(10-12-21)30-23(34)13-24(35)37-14-19-7-5-4-6-8-19/h4-12,22,25-28H,13-15H2,1-3H3,(H,30,34)/t22-,25+,26-,27-,28-/m1/s1. The number of alkyl halides is 1. The summed E-state index contributed by atoms with van der Waals surface area (Å²) in [5, 5.41) is 2.54. The third-order valence-corrected chi connectivity index (χ3v) is 5.57. The van der Waals surface area contributed by atoms with Crippen LogP contribution in [-0.2, 0) is 54.3 Å². The molecular formula is C28H30FNO11. The van der Waals surface area contributed by atoms with E-state index in [0.717, 1.165) is 26.3 Å². The van der Waals surface area contributed by atoms with Crippen molar-refractivity contribution >= 4 is 35.5 Å². The van der Waals surface area contributed by atoms with Gasteiger partial charge in [-0.15, -0.1) is 0 Å². The monoisotopic (exact) mass is 575 g/mol. The van der Waals surface area contributed by atoms with Gasteiger partial charge in [0.15, 0.2) is 12.2 Å². The number of carbonyl (C=O) groups excluding carboxylic acids is 5. The number of amides is 1. The van der Waals surface area contributed by atoms with E-state index in [1.807, 2.05) is 6.07 Å². The number of rotatable bonds is 11. The molecule has 0 radical (unpaired) electrons. The van der Waals surface area contributed by atoms with E-state index in [0.29, 0.717) is 5.69 Å². The summed E-state index contributed by atoms with van der Waals surface area (Å²) in [7, 11) is 0. The Kier molecular flexibility index (Phi) is 11.2. The fourth-order valence-electron chi connectivity index (χ4n) is 3.83. The molecule has 1 saturated heterocycles. The van der Waals surface area contributed by atoms with Crippen molar-refractivity contribution in [2.75, 3.05) is 11.9 Å². The predicted octanol–water partition coefficient (Wildman–Crippen LogP) is 2.63. The van der Waals surface area contributed by atoms with Crippen LogP contribution in [-0.4, -0.2) is 67.2 Å². The Morgan fingerprint density at radius 2 is 1.46 bits per heavy atom. The predicted molar refractivity (Wildman–Crippen MR) is 138 cm³/mol. The number of hydrogen-bond donors (Lipinski definition) is 1. The maximum atomic E-state index is 15.4. The number of benzene rings is 2. The molecule has 13 heteroatoms. The van der Waals surface area contributed by atoms with Gasteiger partial charge in [0, 0.05) is 26.5 Å². The van der Waals surface area contributed by atoms with Crippen molar-refractivity contribution in [2.45, 2.75) is 64.6 Å². The summed E-state index contributed by atoms with van der Waals surface area (Å²) < 4.78 is 46.9. The zero-order chi connectivity index (χ0) is 29.9. The van der Waals surface area contributed by atoms with E-state index >= 15 is 4.39 Å². The Hall–Kier alpha value is -4.52. The van der Waals surface area contributed by atoms with Crippen LogP contribution in [0.4, 0.5) is 10.1 Å². The smallest absolute Gasteiger partial charge is 0.315 e. The maximum absolute atomic E-state index is 15.4. The molecule has 1 N–H and O–H groups in total. The van der Waals surface area contributed by atoms with E-state index in [1.165, 1.54) is 24.3 Å². The number of esters is 4. The van der Waals surface area contributed by atoms with Gasteiger partial charge in [-0.25, -0.2) is 4.39 Å². The molecule has 1 amide bonds. The average Bonchev–Trinajstić information content (AvgIpc) is 2.91. The van der Waals surface area contributed by atoms with Crippen LogP contribution in [0, 0.1) is 0 Å². The molecule has 0 bridgehead atoms. The Morgan fingerprint density at radius 3 is 2.07 bits per heavy atom. The molecule has 0 saturated carbocycles. The molecule has 0 aromatic heterocycles. The van der Waals surface area contributed by atoms with Crippen molar-refractivity contribution in [3.8, 4) is 5.75 Å². The molecule has 0 unspecified atom stereocenters. The van der Waals surface area contributed by atoms with Crippen LogP contribution in [0.2, 0.25) is 0 Å². The van der Waals surface area contributed by atoms with Gasteiger partial charge >= 0.3 is 23.9 Å². The fourth-order valence-corrected chi connectivity index (χ4v) is 3.83. The highest BCUT2D eigenvalue weighted by Crippen LogP contribution is 2.31. The number of ether oxygens (including phenoxy) is 6. The van der Waals surface area contributed by atoms with Gasteiger partial charge in [-0.05, 0) is 29.8 Å². The zero-order valence-electron chi connectivity index (χ0n) is 22.6. The van der Waals surface area contributed by atoms with E-state index in [9.17, 15) is 24.0 Å². The number of carbonyl (C=O) groups is 5. The molecule has 0 spiro atoms. The summed E-state index contributed by atoms with van der Waals surface area (Å²) in [6.45, 7) is 2.89. The van der Waals surface area contributed by atoms with Crippen molar-refractivity contribution in [3.63, 3.8) is 0 Å². The van der Waals surface area contributed by atoms with Crippen molar-refractivity contribution in [3.05, 3.63) is 60.2 Å². The summed E-state index contributed by atoms with van der Waals surface area (Å²) in [5.41, 5.74) is 1.10. The van der Waals surface area contributed by atoms with Crippen molar-refractivity contribution in [1.82, 2.24) is 0 Å². The normalized spacial score (nSPS) is 21.6. The molecule has 1 heterocycles. The minimum atomic E-state index is -2.10.